The Bertz CT molecular complexity index is 587. The van der Waals surface area contributed by atoms with Gasteiger partial charge in [0.25, 0.3) is 0 Å². The lowest BCUT2D eigenvalue weighted by Gasteiger charge is -2.33. The summed E-state index contributed by atoms with van der Waals surface area (Å²) in [6, 6.07) is 0. The summed E-state index contributed by atoms with van der Waals surface area (Å²) in [6.07, 6.45) is 2.60. The van der Waals surface area contributed by atoms with Crippen LogP contribution in [0.5, 0.6) is 0 Å². The number of carbonyl (C=O) groups excluding carboxylic acids is 1. The maximum absolute atomic E-state index is 12.5. The average molecular weight is 366 g/mol. The summed E-state index contributed by atoms with van der Waals surface area (Å²) in [5.41, 5.74) is 3.74. The van der Waals surface area contributed by atoms with E-state index in [2.05, 4.69) is 9.69 Å². The zero-order chi connectivity index (χ0) is 15.9. The minimum absolute atomic E-state index is 0.167. The van der Waals surface area contributed by atoms with Crippen LogP contribution in [0.3, 0.4) is 0 Å². The van der Waals surface area contributed by atoms with E-state index in [1.165, 1.54) is 0 Å². The van der Waals surface area contributed by atoms with E-state index >= 15 is 0 Å². The minimum atomic E-state index is -1.40. The lowest BCUT2D eigenvalue weighted by atomic mass is 9.92. The fraction of sp³-hybridized carbons (Fsp3) is 0.667. The predicted molar refractivity (Wildman–Crippen MR) is 89.2 cm³/mol. The fourth-order valence-electron chi connectivity index (χ4n) is 3.45. The molecule has 1 aliphatic heterocycles. The number of ether oxygens (including phenoxy) is 1. The Morgan fingerprint density at radius 3 is 2.50 bits per heavy atom. The van der Waals surface area contributed by atoms with Gasteiger partial charge in [0.2, 0.25) is 0 Å². The van der Waals surface area contributed by atoms with Crippen molar-refractivity contribution in [3.63, 3.8) is 0 Å². The lowest BCUT2D eigenvalue weighted by Crippen LogP contribution is -2.45. The van der Waals surface area contributed by atoms with Gasteiger partial charge in [-0.15, -0.1) is 0 Å². The van der Waals surface area contributed by atoms with Crippen molar-refractivity contribution in [2.75, 3.05) is 31.3 Å². The van der Waals surface area contributed by atoms with E-state index in [1.807, 2.05) is 6.92 Å². The summed E-state index contributed by atoms with van der Waals surface area (Å²) in [6.45, 7) is 5.01. The molecule has 1 fully saturated rings. The van der Waals surface area contributed by atoms with E-state index < -0.39 is 3.79 Å². The van der Waals surface area contributed by atoms with Gasteiger partial charge in [-0.3, -0.25) is 9.47 Å². The number of fused-ring (bicyclic) bond motifs is 1. The molecule has 4 nitrogen and oxygen atoms in total. The van der Waals surface area contributed by atoms with E-state index in [1.54, 1.807) is 0 Å². The molecule has 0 saturated carbocycles. The molecule has 3 rings (SSSR count). The van der Waals surface area contributed by atoms with E-state index in [9.17, 15) is 4.79 Å². The number of halogens is 3. The first kappa shape index (κ1) is 16.4. The Balaban J connectivity index is 2.10. The lowest BCUT2D eigenvalue weighted by molar-refractivity contribution is 0.0969. The monoisotopic (exact) mass is 364 g/mol. The van der Waals surface area contributed by atoms with Gasteiger partial charge in [0.05, 0.1) is 32.0 Å². The molecule has 0 amide bonds. The number of nitrogens with zero attached hydrogens (tertiary/aromatic N) is 2. The number of morpholine rings is 1. The molecule has 0 N–H and O–H groups in total. The van der Waals surface area contributed by atoms with Crippen LogP contribution >= 0.6 is 34.8 Å². The van der Waals surface area contributed by atoms with Crippen molar-refractivity contribution >= 4 is 40.6 Å². The molecule has 2 aliphatic rings. The normalized spacial score (nSPS) is 19.5. The number of ketones is 1. The molecule has 1 saturated heterocycles. The molecule has 7 heteroatoms. The number of carbonyl (C=O) groups is 1. The second kappa shape index (κ2) is 6.23. The van der Waals surface area contributed by atoms with Crippen molar-refractivity contribution < 1.29 is 9.53 Å². The van der Waals surface area contributed by atoms with E-state index in [0.29, 0.717) is 19.6 Å². The van der Waals surface area contributed by atoms with Crippen LogP contribution < -0.4 is 5.01 Å². The van der Waals surface area contributed by atoms with Gasteiger partial charge in [-0.1, -0.05) is 34.8 Å². The van der Waals surface area contributed by atoms with Crippen LogP contribution in [0.1, 0.15) is 40.2 Å². The van der Waals surface area contributed by atoms with Crippen molar-refractivity contribution in [2.24, 2.45) is 0 Å². The van der Waals surface area contributed by atoms with Gasteiger partial charge in [-0.25, -0.2) is 0 Å². The number of hydrogen-bond acceptors (Lipinski definition) is 3. The molecule has 0 spiro atoms. The highest BCUT2D eigenvalue weighted by Crippen LogP contribution is 2.37. The summed E-state index contributed by atoms with van der Waals surface area (Å²) in [5, 5.41) is 2.23. The number of alkyl halides is 3. The van der Waals surface area contributed by atoms with Gasteiger partial charge in [-0.2, -0.15) is 0 Å². The third kappa shape index (κ3) is 3.12. The van der Waals surface area contributed by atoms with Crippen LogP contribution in [0.25, 0.3) is 0 Å². The highest BCUT2D eigenvalue weighted by Gasteiger charge is 2.34. The largest absolute Gasteiger partial charge is 0.378 e. The number of aromatic nitrogens is 1. The average Bonchev–Trinajstić information content (AvgIpc) is 2.72. The van der Waals surface area contributed by atoms with Gasteiger partial charge in [-0.05, 0) is 25.3 Å². The molecule has 0 bridgehead atoms. The highest BCUT2D eigenvalue weighted by atomic mass is 35.6. The van der Waals surface area contributed by atoms with E-state index in [0.717, 1.165) is 48.4 Å². The molecule has 0 unspecified atom stereocenters. The number of rotatable bonds is 2. The van der Waals surface area contributed by atoms with Crippen LogP contribution in [0, 0.1) is 6.92 Å². The first-order chi connectivity index (χ1) is 10.4. The molecular formula is C15H19Cl3N2O2. The molecule has 1 aromatic heterocycles. The quantitative estimate of drug-likeness (QED) is 0.755. The Morgan fingerprint density at radius 2 is 1.86 bits per heavy atom. The zero-order valence-electron chi connectivity index (χ0n) is 12.5. The van der Waals surface area contributed by atoms with Gasteiger partial charge in [0.15, 0.2) is 9.58 Å². The molecule has 22 heavy (non-hydrogen) atoms. The standard InChI is InChI=1S/C15H19Cl3N2O2/c1-10-11(9-15(16,17)18)14-12(3-2-4-13(14)21)20(10)19-5-7-22-8-6-19/h2-9H2,1H3. The van der Waals surface area contributed by atoms with Gasteiger partial charge < -0.3 is 9.75 Å². The molecule has 1 aliphatic carbocycles. The molecule has 1 aromatic rings. The maximum atomic E-state index is 12.5. The Hall–Kier alpha value is -0.420. The van der Waals surface area contributed by atoms with E-state index in [4.69, 9.17) is 39.5 Å². The zero-order valence-corrected chi connectivity index (χ0v) is 14.8. The highest BCUT2D eigenvalue weighted by molar-refractivity contribution is 6.67. The van der Waals surface area contributed by atoms with E-state index in [-0.39, 0.29) is 12.2 Å². The second-order valence-corrected chi connectivity index (χ2v) is 8.35. The molecular weight excluding hydrogens is 347 g/mol. The van der Waals surface area contributed by atoms with Crippen molar-refractivity contribution in [3.8, 4) is 0 Å². The fourth-order valence-corrected chi connectivity index (χ4v) is 3.85. The van der Waals surface area contributed by atoms with Crippen molar-refractivity contribution in [2.45, 2.75) is 36.4 Å². The molecule has 0 radical (unpaired) electrons. The molecule has 2 heterocycles. The predicted octanol–water partition coefficient (Wildman–Crippen LogP) is 3.20. The van der Waals surface area contributed by atoms with Crippen LogP contribution in [0.15, 0.2) is 0 Å². The Labute approximate surface area is 145 Å². The number of hydrogen-bond donors (Lipinski definition) is 0. The van der Waals surface area contributed by atoms with Crippen molar-refractivity contribution in [3.05, 3.63) is 22.5 Å². The minimum Gasteiger partial charge on any atom is -0.378 e. The Morgan fingerprint density at radius 1 is 1.18 bits per heavy atom. The molecule has 0 aromatic carbocycles. The topological polar surface area (TPSA) is 34.5 Å². The first-order valence-corrected chi connectivity index (χ1v) is 8.68. The van der Waals surface area contributed by atoms with Crippen LogP contribution in [0.2, 0.25) is 0 Å². The van der Waals surface area contributed by atoms with Crippen LogP contribution in [0.4, 0.5) is 0 Å². The summed E-state index contributed by atoms with van der Waals surface area (Å²) in [5.74, 6) is 0.167. The summed E-state index contributed by atoms with van der Waals surface area (Å²) < 4.78 is 6.20. The maximum Gasteiger partial charge on any atom is 0.194 e. The third-order valence-electron chi connectivity index (χ3n) is 4.34. The summed E-state index contributed by atoms with van der Waals surface area (Å²) >= 11 is 18.0. The molecule has 122 valence electrons. The summed E-state index contributed by atoms with van der Waals surface area (Å²) in [7, 11) is 0. The Kier molecular flexibility index (Phi) is 4.66. The third-order valence-corrected chi connectivity index (χ3v) is 4.75. The molecule has 0 atom stereocenters. The van der Waals surface area contributed by atoms with Crippen molar-refractivity contribution in [1.29, 1.82) is 0 Å². The first-order valence-electron chi connectivity index (χ1n) is 7.54. The van der Waals surface area contributed by atoms with Crippen LogP contribution in [-0.4, -0.2) is 40.6 Å². The second-order valence-electron chi connectivity index (χ2n) is 5.83. The van der Waals surface area contributed by atoms with Gasteiger partial charge >= 0.3 is 0 Å². The van der Waals surface area contributed by atoms with Crippen molar-refractivity contribution in [1.82, 2.24) is 4.68 Å². The smallest absolute Gasteiger partial charge is 0.194 e. The summed E-state index contributed by atoms with van der Waals surface area (Å²) in [4.78, 5) is 12.5. The SMILES string of the molecule is Cc1c(CC(Cl)(Cl)Cl)c2c(n1N1CCOCC1)CCCC2=O. The van der Waals surface area contributed by atoms with Gasteiger partial charge in [0.1, 0.15) is 0 Å². The number of Topliss-reactive ketones (excluding diaryl/α,β-unsaturated/α-hetero) is 1. The van der Waals surface area contributed by atoms with Crippen LogP contribution in [-0.2, 0) is 17.6 Å². The van der Waals surface area contributed by atoms with Gasteiger partial charge in [0, 0.05) is 24.1 Å².